The van der Waals surface area contributed by atoms with Crippen LogP contribution >= 0.6 is 0 Å². The standard InChI is InChI=1S/C9H9N3O2/c10-3-8-11-4-7-2-1-6(9(13)14)5-12(7)8/h1-2,4-5H,3,10H2,(H,13,14). The first kappa shape index (κ1) is 8.71. The zero-order chi connectivity index (χ0) is 10.1. The van der Waals surface area contributed by atoms with Gasteiger partial charge in [0.15, 0.2) is 0 Å². The Bertz CT molecular complexity index is 490. The number of fused-ring (bicyclic) bond motifs is 1. The Balaban J connectivity index is 2.67. The fourth-order valence-electron chi connectivity index (χ4n) is 1.32. The van der Waals surface area contributed by atoms with Crippen LogP contribution < -0.4 is 5.73 Å². The van der Waals surface area contributed by atoms with E-state index >= 15 is 0 Å². The lowest BCUT2D eigenvalue weighted by Gasteiger charge is -1.99. The summed E-state index contributed by atoms with van der Waals surface area (Å²) in [5.41, 5.74) is 6.53. The predicted octanol–water partition coefficient (Wildman–Crippen LogP) is 0.491. The average Bonchev–Trinajstić information content (AvgIpc) is 2.59. The monoisotopic (exact) mass is 191 g/mol. The van der Waals surface area contributed by atoms with Crippen LogP contribution in [-0.4, -0.2) is 20.5 Å². The van der Waals surface area contributed by atoms with Crippen molar-refractivity contribution in [2.24, 2.45) is 5.73 Å². The molecule has 0 radical (unpaired) electrons. The molecule has 3 N–H and O–H groups in total. The third-order valence-electron chi connectivity index (χ3n) is 2.03. The van der Waals surface area contributed by atoms with Crippen LogP contribution in [0.3, 0.4) is 0 Å². The van der Waals surface area contributed by atoms with E-state index in [2.05, 4.69) is 4.98 Å². The molecular weight excluding hydrogens is 182 g/mol. The van der Waals surface area contributed by atoms with Crippen LogP contribution in [0.15, 0.2) is 24.5 Å². The molecule has 5 heteroatoms. The molecule has 14 heavy (non-hydrogen) atoms. The molecule has 0 aromatic carbocycles. The fraction of sp³-hybridized carbons (Fsp3) is 0.111. The highest BCUT2D eigenvalue weighted by atomic mass is 16.4. The van der Waals surface area contributed by atoms with E-state index in [-0.39, 0.29) is 12.1 Å². The van der Waals surface area contributed by atoms with Gasteiger partial charge in [0, 0.05) is 6.20 Å². The number of hydrogen-bond acceptors (Lipinski definition) is 3. The molecule has 0 aliphatic carbocycles. The van der Waals surface area contributed by atoms with Gasteiger partial charge in [-0.15, -0.1) is 0 Å². The number of rotatable bonds is 2. The zero-order valence-electron chi connectivity index (χ0n) is 7.34. The summed E-state index contributed by atoms with van der Waals surface area (Å²) in [6, 6.07) is 3.25. The lowest BCUT2D eigenvalue weighted by Crippen LogP contribution is -2.04. The van der Waals surface area contributed by atoms with Gasteiger partial charge in [0.1, 0.15) is 5.82 Å². The Hall–Kier alpha value is -1.88. The molecule has 2 aromatic heterocycles. The zero-order valence-corrected chi connectivity index (χ0v) is 7.34. The van der Waals surface area contributed by atoms with Crippen molar-refractivity contribution in [1.82, 2.24) is 9.38 Å². The molecule has 0 unspecified atom stereocenters. The molecule has 2 heterocycles. The molecule has 0 bridgehead atoms. The molecule has 0 atom stereocenters. The third kappa shape index (κ3) is 1.23. The first-order valence-corrected chi connectivity index (χ1v) is 4.11. The van der Waals surface area contributed by atoms with Gasteiger partial charge in [0.2, 0.25) is 0 Å². The van der Waals surface area contributed by atoms with Gasteiger partial charge in [-0.3, -0.25) is 0 Å². The number of pyridine rings is 1. The third-order valence-corrected chi connectivity index (χ3v) is 2.03. The molecule has 0 spiro atoms. The summed E-state index contributed by atoms with van der Waals surface area (Å²) in [5, 5.41) is 8.78. The number of aromatic nitrogens is 2. The van der Waals surface area contributed by atoms with Gasteiger partial charge < -0.3 is 15.2 Å². The van der Waals surface area contributed by atoms with Crippen molar-refractivity contribution in [3.8, 4) is 0 Å². The van der Waals surface area contributed by atoms with Crippen molar-refractivity contribution < 1.29 is 9.90 Å². The Morgan fingerprint density at radius 2 is 2.36 bits per heavy atom. The number of carboxylic acid groups (broad SMARTS) is 1. The normalized spacial score (nSPS) is 10.6. The Labute approximate surface area is 79.8 Å². The molecule has 0 fully saturated rings. The lowest BCUT2D eigenvalue weighted by atomic mass is 10.3. The minimum absolute atomic E-state index is 0.227. The van der Waals surface area contributed by atoms with Crippen molar-refractivity contribution in [3.63, 3.8) is 0 Å². The second kappa shape index (κ2) is 3.12. The summed E-state index contributed by atoms with van der Waals surface area (Å²) in [4.78, 5) is 14.8. The molecule has 2 aromatic rings. The SMILES string of the molecule is NCc1ncc2ccc(C(=O)O)cn12. The van der Waals surface area contributed by atoms with Gasteiger partial charge in [-0.25, -0.2) is 9.78 Å². The van der Waals surface area contributed by atoms with Crippen molar-refractivity contribution >= 4 is 11.5 Å². The van der Waals surface area contributed by atoms with E-state index in [4.69, 9.17) is 10.8 Å². The maximum absolute atomic E-state index is 10.7. The molecule has 0 saturated heterocycles. The first-order chi connectivity index (χ1) is 6.72. The van der Waals surface area contributed by atoms with Gasteiger partial charge >= 0.3 is 5.97 Å². The minimum Gasteiger partial charge on any atom is -0.478 e. The van der Waals surface area contributed by atoms with E-state index in [9.17, 15) is 4.79 Å². The van der Waals surface area contributed by atoms with Gasteiger partial charge in [-0.1, -0.05) is 0 Å². The maximum Gasteiger partial charge on any atom is 0.337 e. The molecule has 0 saturated carbocycles. The summed E-state index contributed by atoms with van der Waals surface area (Å²) in [6.45, 7) is 0.289. The molecule has 72 valence electrons. The van der Waals surface area contributed by atoms with Crippen LogP contribution in [0.2, 0.25) is 0 Å². The predicted molar refractivity (Wildman–Crippen MR) is 50.0 cm³/mol. The van der Waals surface area contributed by atoms with Crippen molar-refractivity contribution in [2.75, 3.05) is 0 Å². The van der Waals surface area contributed by atoms with Gasteiger partial charge in [0.05, 0.1) is 23.8 Å². The second-order valence-corrected chi connectivity index (χ2v) is 2.90. The topological polar surface area (TPSA) is 80.6 Å². The van der Waals surface area contributed by atoms with Crippen LogP contribution in [0.25, 0.3) is 5.52 Å². The Morgan fingerprint density at radius 1 is 1.57 bits per heavy atom. The van der Waals surface area contributed by atoms with Crippen LogP contribution in [0.1, 0.15) is 16.2 Å². The highest BCUT2D eigenvalue weighted by Gasteiger charge is 2.06. The molecule has 2 rings (SSSR count). The van der Waals surface area contributed by atoms with Crippen LogP contribution in [0.5, 0.6) is 0 Å². The van der Waals surface area contributed by atoms with E-state index in [1.807, 2.05) is 0 Å². The van der Waals surface area contributed by atoms with E-state index in [1.165, 1.54) is 6.20 Å². The number of nitrogens with zero attached hydrogens (tertiary/aromatic N) is 2. The van der Waals surface area contributed by atoms with Crippen molar-refractivity contribution in [3.05, 3.63) is 35.9 Å². The van der Waals surface area contributed by atoms with Gasteiger partial charge in [0.25, 0.3) is 0 Å². The summed E-state index contributed by atoms with van der Waals surface area (Å²) < 4.78 is 1.68. The first-order valence-electron chi connectivity index (χ1n) is 4.11. The molecular formula is C9H9N3O2. The second-order valence-electron chi connectivity index (χ2n) is 2.90. The Kier molecular flexibility index (Phi) is 1.94. The van der Waals surface area contributed by atoms with Gasteiger partial charge in [-0.05, 0) is 12.1 Å². The molecule has 0 aliphatic rings. The number of carboxylic acids is 1. The van der Waals surface area contributed by atoms with Crippen LogP contribution in [-0.2, 0) is 6.54 Å². The van der Waals surface area contributed by atoms with Crippen molar-refractivity contribution in [2.45, 2.75) is 6.54 Å². The highest BCUT2D eigenvalue weighted by molar-refractivity contribution is 5.87. The van der Waals surface area contributed by atoms with E-state index in [0.29, 0.717) is 5.82 Å². The summed E-state index contributed by atoms with van der Waals surface area (Å²) in [5.74, 6) is -0.299. The van der Waals surface area contributed by atoms with Crippen molar-refractivity contribution in [1.29, 1.82) is 0 Å². The van der Waals surface area contributed by atoms with E-state index in [1.54, 1.807) is 22.7 Å². The average molecular weight is 191 g/mol. The number of aromatic carboxylic acids is 1. The largest absolute Gasteiger partial charge is 0.478 e. The quantitative estimate of drug-likeness (QED) is 0.723. The van der Waals surface area contributed by atoms with Gasteiger partial charge in [-0.2, -0.15) is 0 Å². The van der Waals surface area contributed by atoms with Crippen LogP contribution in [0, 0.1) is 0 Å². The maximum atomic E-state index is 10.7. The lowest BCUT2D eigenvalue weighted by molar-refractivity contribution is 0.0696. The molecule has 0 amide bonds. The highest BCUT2D eigenvalue weighted by Crippen LogP contribution is 2.09. The molecule has 5 nitrogen and oxygen atoms in total. The number of carbonyl (C=O) groups is 1. The number of imidazole rings is 1. The smallest absolute Gasteiger partial charge is 0.337 e. The minimum atomic E-state index is -0.955. The summed E-state index contributed by atoms with van der Waals surface area (Å²) >= 11 is 0. The number of nitrogens with two attached hydrogens (primary N) is 1. The Morgan fingerprint density at radius 3 is 3.00 bits per heavy atom. The number of hydrogen-bond donors (Lipinski definition) is 2. The van der Waals surface area contributed by atoms with E-state index < -0.39 is 5.97 Å². The summed E-state index contributed by atoms with van der Waals surface area (Å²) in [7, 11) is 0. The summed E-state index contributed by atoms with van der Waals surface area (Å²) in [6.07, 6.45) is 3.18. The van der Waals surface area contributed by atoms with E-state index in [0.717, 1.165) is 5.52 Å². The molecule has 0 aliphatic heterocycles. The van der Waals surface area contributed by atoms with Crippen LogP contribution in [0.4, 0.5) is 0 Å². The fourth-order valence-corrected chi connectivity index (χ4v) is 1.32.